The zero-order valence-corrected chi connectivity index (χ0v) is 32.4. The summed E-state index contributed by atoms with van der Waals surface area (Å²) in [4.78, 5) is 2.27. The van der Waals surface area contributed by atoms with Crippen LogP contribution in [0.2, 0.25) is 0 Å². The van der Waals surface area contributed by atoms with E-state index in [1.165, 1.54) is 83.5 Å². The summed E-state index contributed by atoms with van der Waals surface area (Å²) in [7, 11) is 0. The van der Waals surface area contributed by atoms with E-state index in [4.69, 9.17) is 0 Å². The number of hydrogen-bond donors (Lipinski definition) is 0. The molecule has 8 aromatic carbocycles. The molecule has 55 heavy (non-hydrogen) atoms. The number of rotatable bonds is 6. The molecule has 0 unspecified atom stereocenters. The van der Waals surface area contributed by atoms with Crippen molar-refractivity contribution in [1.29, 1.82) is 0 Å². The van der Waals surface area contributed by atoms with Crippen molar-refractivity contribution in [3.8, 4) is 27.9 Å². The summed E-state index contributed by atoms with van der Waals surface area (Å²) in [6, 6.07) is 71.1. The molecule has 0 atom stereocenters. The SMILES string of the molecule is CC.Cc1cccc(N(c2ccccc2)c2ccccc2)c1.Cc1ccccc1-c1c(C)cccc1-c1ccc2c3ccccc3n(-c3ccccc3)c2c1. The Bertz CT molecular complexity index is 2600. The first-order valence-corrected chi connectivity index (χ1v) is 19.3. The molecule has 1 heterocycles. The summed E-state index contributed by atoms with van der Waals surface area (Å²) in [5.41, 5.74) is 16.2. The third-order valence-electron chi connectivity index (χ3n) is 9.97. The monoisotopic (exact) mass is 712 g/mol. The Labute approximate surface area is 326 Å². The van der Waals surface area contributed by atoms with Crippen LogP contribution in [0.3, 0.4) is 0 Å². The normalized spacial score (nSPS) is 10.6. The van der Waals surface area contributed by atoms with Gasteiger partial charge in [0.1, 0.15) is 0 Å². The van der Waals surface area contributed by atoms with Crippen LogP contribution in [-0.2, 0) is 0 Å². The van der Waals surface area contributed by atoms with Gasteiger partial charge in [-0.2, -0.15) is 0 Å². The number of para-hydroxylation sites is 4. The summed E-state index contributed by atoms with van der Waals surface area (Å²) < 4.78 is 2.39. The molecule has 0 amide bonds. The van der Waals surface area contributed by atoms with E-state index in [1.54, 1.807) is 0 Å². The fraction of sp³-hybridized carbons (Fsp3) is 0.0943. The molecule has 0 aliphatic heterocycles. The molecular formula is C53H48N2. The van der Waals surface area contributed by atoms with Gasteiger partial charge in [0.25, 0.3) is 0 Å². The van der Waals surface area contributed by atoms with Crippen molar-refractivity contribution in [2.24, 2.45) is 0 Å². The van der Waals surface area contributed by atoms with Crippen LogP contribution in [0.25, 0.3) is 49.7 Å². The van der Waals surface area contributed by atoms with Gasteiger partial charge in [0.2, 0.25) is 0 Å². The van der Waals surface area contributed by atoms with Gasteiger partial charge in [-0.3, -0.25) is 0 Å². The molecule has 0 N–H and O–H groups in total. The van der Waals surface area contributed by atoms with E-state index in [1.807, 2.05) is 26.0 Å². The lowest BCUT2D eigenvalue weighted by Crippen LogP contribution is -2.09. The first kappa shape index (κ1) is 36.7. The highest BCUT2D eigenvalue weighted by Crippen LogP contribution is 2.40. The quantitative estimate of drug-likeness (QED) is 0.167. The highest BCUT2D eigenvalue weighted by Gasteiger charge is 2.16. The predicted molar refractivity (Wildman–Crippen MR) is 238 cm³/mol. The Morgan fingerprint density at radius 2 is 0.909 bits per heavy atom. The van der Waals surface area contributed by atoms with Crippen molar-refractivity contribution in [2.45, 2.75) is 34.6 Å². The van der Waals surface area contributed by atoms with Gasteiger partial charge in [0, 0.05) is 33.5 Å². The van der Waals surface area contributed by atoms with E-state index < -0.39 is 0 Å². The Hall–Kier alpha value is -6.64. The summed E-state index contributed by atoms with van der Waals surface area (Å²) in [6.07, 6.45) is 0. The van der Waals surface area contributed by atoms with Crippen LogP contribution in [0.5, 0.6) is 0 Å². The van der Waals surface area contributed by atoms with E-state index >= 15 is 0 Å². The largest absolute Gasteiger partial charge is 0.310 e. The number of aromatic nitrogens is 1. The molecule has 0 saturated heterocycles. The van der Waals surface area contributed by atoms with Crippen LogP contribution in [-0.4, -0.2) is 4.57 Å². The summed E-state index contributed by atoms with van der Waals surface area (Å²) in [6.45, 7) is 10.5. The lowest BCUT2D eigenvalue weighted by atomic mass is 9.89. The number of benzene rings is 8. The number of aryl methyl sites for hydroxylation is 3. The highest BCUT2D eigenvalue weighted by molar-refractivity contribution is 6.10. The summed E-state index contributed by atoms with van der Waals surface area (Å²) in [5.74, 6) is 0. The standard InChI is InChI=1S/C32H25N.C19H17N.C2H6/c1-22-11-6-7-15-26(22)32-23(2)12-10-17-27(32)24-19-20-29-28-16-8-9-18-30(28)33(31(29)21-24)25-13-4-3-5-14-25;1-16-9-8-14-19(15-16)20(17-10-4-2-5-11-17)18-12-6-3-7-13-18;1-2/h3-21H,1-2H3;2-15H,1H3;1-2H3. The smallest absolute Gasteiger partial charge is 0.0547 e. The number of anilines is 3. The summed E-state index contributed by atoms with van der Waals surface area (Å²) in [5, 5.41) is 2.56. The third kappa shape index (κ3) is 7.72. The molecule has 270 valence electrons. The molecule has 9 rings (SSSR count). The van der Waals surface area contributed by atoms with Crippen molar-refractivity contribution >= 4 is 38.9 Å². The minimum Gasteiger partial charge on any atom is -0.310 e. The molecule has 0 radical (unpaired) electrons. The van der Waals surface area contributed by atoms with Gasteiger partial charge in [-0.05, 0) is 120 Å². The Kier molecular flexibility index (Phi) is 11.4. The maximum atomic E-state index is 2.39. The molecule has 0 saturated carbocycles. The first-order valence-electron chi connectivity index (χ1n) is 19.3. The Morgan fingerprint density at radius 3 is 1.58 bits per heavy atom. The van der Waals surface area contributed by atoms with Crippen molar-refractivity contribution in [2.75, 3.05) is 4.90 Å². The van der Waals surface area contributed by atoms with Crippen LogP contribution in [0, 0.1) is 20.8 Å². The van der Waals surface area contributed by atoms with Crippen molar-refractivity contribution in [3.63, 3.8) is 0 Å². The van der Waals surface area contributed by atoms with Crippen molar-refractivity contribution in [1.82, 2.24) is 4.57 Å². The van der Waals surface area contributed by atoms with Gasteiger partial charge in [-0.15, -0.1) is 0 Å². The van der Waals surface area contributed by atoms with Gasteiger partial charge in [0.15, 0.2) is 0 Å². The third-order valence-corrected chi connectivity index (χ3v) is 9.97. The zero-order chi connectivity index (χ0) is 38.1. The predicted octanol–water partition coefficient (Wildman–Crippen LogP) is 15.2. The average Bonchev–Trinajstić information content (AvgIpc) is 3.57. The average molecular weight is 713 g/mol. The maximum Gasteiger partial charge on any atom is 0.0547 e. The fourth-order valence-corrected chi connectivity index (χ4v) is 7.48. The second-order valence-corrected chi connectivity index (χ2v) is 13.6. The van der Waals surface area contributed by atoms with Crippen LogP contribution < -0.4 is 4.90 Å². The Balaban J connectivity index is 0.000000181. The molecular weight excluding hydrogens is 665 g/mol. The second kappa shape index (κ2) is 17.0. The molecule has 0 bridgehead atoms. The minimum atomic E-state index is 1.17. The van der Waals surface area contributed by atoms with E-state index in [9.17, 15) is 0 Å². The molecule has 0 spiro atoms. The van der Waals surface area contributed by atoms with Gasteiger partial charge < -0.3 is 9.47 Å². The molecule has 2 heteroatoms. The second-order valence-electron chi connectivity index (χ2n) is 13.6. The molecule has 0 fully saturated rings. The minimum absolute atomic E-state index is 1.17. The van der Waals surface area contributed by atoms with Crippen LogP contribution in [0.4, 0.5) is 17.1 Å². The topological polar surface area (TPSA) is 8.17 Å². The van der Waals surface area contributed by atoms with Gasteiger partial charge in [0.05, 0.1) is 11.0 Å². The lowest BCUT2D eigenvalue weighted by Gasteiger charge is -2.25. The van der Waals surface area contributed by atoms with E-state index in [0.717, 1.165) is 0 Å². The molecule has 2 nitrogen and oxygen atoms in total. The summed E-state index contributed by atoms with van der Waals surface area (Å²) >= 11 is 0. The van der Waals surface area contributed by atoms with Gasteiger partial charge >= 0.3 is 0 Å². The van der Waals surface area contributed by atoms with Crippen LogP contribution in [0.15, 0.2) is 200 Å². The van der Waals surface area contributed by atoms with E-state index in [2.05, 4.69) is 218 Å². The zero-order valence-electron chi connectivity index (χ0n) is 32.4. The van der Waals surface area contributed by atoms with Crippen molar-refractivity contribution in [3.05, 3.63) is 217 Å². The maximum absolute atomic E-state index is 2.39. The van der Waals surface area contributed by atoms with E-state index in [0.29, 0.717) is 0 Å². The van der Waals surface area contributed by atoms with Crippen LogP contribution >= 0.6 is 0 Å². The number of fused-ring (bicyclic) bond motifs is 3. The Morgan fingerprint density at radius 1 is 0.382 bits per heavy atom. The number of hydrogen-bond acceptors (Lipinski definition) is 1. The molecule has 1 aromatic heterocycles. The molecule has 9 aromatic rings. The van der Waals surface area contributed by atoms with Crippen LogP contribution in [0.1, 0.15) is 30.5 Å². The fourth-order valence-electron chi connectivity index (χ4n) is 7.48. The first-order chi connectivity index (χ1) is 27.1. The lowest BCUT2D eigenvalue weighted by molar-refractivity contribution is 1.18. The highest BCUT2D eigenvalue weighted by atomic mass is 15.1. The van der Waals surface area contributed by atoms with Gasteiger partial charge in [-0.25, -0.2) is 0 Å². The molecule has 0 aliphatic rings. The van der Waals surface area contributed by atoms with Crippen molar-refractivity contribution < 1.29 is 0 Å². The van der Waals surface area contributed by atoms with Gasteiger partial charge in [-0.1, -0.05) is 153 Å². The number of nitrogens with zero attached hydrogens (tertiary/aromatic N) is 2. The molecule has 0 aliphatic carbocycles. The van der Waals surface area contributed by atoms with E-state index in [-0.39, 0.29) is 0 Å².